The van der Waals surface area contributed by atoms with Gasteiger partial charge in [0, 0.05) is 18.4 Å². The Morgan fingerprint density at radius 1 is 1.29 bits per heavy atom. The van der Waals surface area contributed by atoms with Crippen molar-refractivity contribution in [3.05, 3.63) is 59.0 Å². The number of benzene rings is 1. The number of amides is 1. The lowest BCUT2D eigenvalue weighted by Gasteiger charge is -2.23. The van der Waals surface area contributed by atoms with Crippen molar-refractivity contribution in [3.63, 3.8) is 0 Å². The summed E-state index contributed by atoms with van der Waals surface area (Å²) < 4.78 is 33.2. The molecule has 1 saturated carbocycles. The molecule has 0 saturated heterocycles. The molecule has 4 nitrogen and oxygen atoms in total. The molecule has 1 aromatic carbocycles. The van der Waals surface area contributed by atoms with Crippen molar-refractivity contribution in [1.29, 1.82) is 0 Å². The minimum atomic E-state index is -2.73. The van der Waals surface area contributed by atoms with Gasteiger partial charge in [0.25, 0.3) is 0 Å². The van der Waals surface area contributed by atoms with E-state index in [1.54, 1.807) is 12.5 Å². The molecule has 1 aliphatic rings. The van der Waals surface area contributed by atoms with E-state index < -0.39 is 17.8 Å². The fraction of sp³-hybridized carbons (Fsp3) is 0.300. The number of hydrogen-bond acceptors (Lipinski definition) is 4. The fourth-order valence-electron chi connectivity index (χ4n) is 3.71. The summed E-state index contributed by atoms with van der Waals surface area (Å²) in [7, 11) is 0. The molecule has 4 rings (SSSR count). The summed E-state index contributed by atoms with van der Waals surface area (Å²) >= 11 is 7.00. The average molecular weight is 423 g/mol. The summed E-state index contributed by atoms with van der Waals surface area (Å²) in [5, 5.41) is 3.09. The lowest BCUT2D eigenvalue weighted by molar-refractivity contribution is -0.118. The second kappa shape index (κ2) is 7.64. The van der Waals surface area contributed by atoms with Crippen molar-refractivity contribution in [2.45, 2.75) is 31.1 Å². The van der Waals surface area contributed by atoms with Gasteiger partial charge in [-0.3, -0.25) is 4.79 Å². The molecular formula is C20H17ClF2N2O2S. The normalized spacial score (nSPS) is 19.5. The van der Waals surface area contributed by atoms with E-state index >= 15 is 0 Å². The smallest absolute Gasteiger partial charge is 0.248 e. The molecule has 146 valence electrons. The van der Waals surface area contributed by atoms with Crippen molar-refractivity contribution >= 4 is 34.0 Å². The summed E-state index contributed by atoms with van der Waals surface area (Å²) in [6.45, 7) is 0. The molecule has 2 atom stereocenters. The zero-order valence-corrected chi connectivity index (χ0v) is 16.3. The number of thiazole rings is 1. The molecule has 1 fully saturated rings. The largest absolute Gasteiger partial charge is 0.472 e. The number of halogens is 3. The highest BCUT2D eigenvalue weighted by atomic mass is 35.5. The lowest BCUT2D eigenvalue weighted by Crippen LogP contribution is -2.27. The number of aromatic nitrogens is 1. The molecule has 28 heavy (non-hydrogen) atoms. The molecule has 0 aliphatic heterocycles. The van der Waals surface area contributed by atoms with Crippen molar-refractivity contribution in [1.82, 2.24) is 4.98 Å². The Morgan fingerprint density at radius 3 is 2.64 bits per heavy atom. The van der Waals surface area contributed by atoms with Gasteiger partial charge in [0.05, 0.1) is 24.6 Å². The Hall–Kier alpha value is -2.25. The third-order valence-electron chi connectivity index (χ3n) is 5.03. The average Bonchev–Trinajstić information content (AvgIpc) is 3.38. The van der Waals surface area contributed by atoms with Gasteiger partial charge in [-0.15, -0.1) is 0 Å². The molecule has 2 unspecified atom stereocenters. The maximum atomic E-state index is 13.8. The predicted molar refractivity (Wildman–Crippen MR) is 105 cm³/mol. The number of rotatable bonds is 5. The Morgan fingerprint density at radius 2 is 2.07 bits per heavy atom. The second-order valence-electron chi connectivity index (χ2n) is 6.93. The Labute approximate surface area is 169 Å². The highest BCUT2D eigenvalue weighted by Gasteiger charge is 2.45. The van der Waals surface area contributed by atoms with Crippen molar-refractivity contribution in [2.24, 2.45) is 5.92 Å². The van der Waals surface area contributed by atoms with Gasteiger partial charge in [-0.1, -0.05) is 47.2 Å². The van der Waals surface area contributed by atoms with Crippen LogP contribution in [0.4, 0.5) is 13.9 Å². The Balaban J connectivity index is 1.61. The number of furan rings is 1. The molecule has 1 N–H and O–H groups in total. The van der Waals surface area contributed by atoms with Crippen molar-refractivity contribution in [2.75, 3.05) is 5.32 Å². The zero-order chi connectivity index (χ0) is 19.7. The highest BCUT2D eigenvalue weighted by molar-refractivity contribution is 7.19. The predicted octanol–water partition coefficient (Wildman–Crippen LogP) is 6.21. The van der Waals surface area contributed by atoms with E-state index in [1.807, 2.05) is 30.3 Å². The number of nitrogens with zero attached hydrogens (tertiary/aromatic N) is 1. The first-order valence-electron chi connectivity index (χ1n) is 8.84. The molecule has 0 radical (unpaired) electrons. The number of anilines is 1. The minimum absolute atomic E-state index is 0.197. The van der Waals surface area contributed by atoms with Gasteiger partial charge in [0.2, 0.25) is 11.8 Å². The maximum Gasteiger partial charge on any atom is 0.248 e. The number of nitrogens with one attached hydrogen (secondary N) is 1. The van der Waals surface area contributed by atoms with Crippen LogP contribution >= 0.6 is 22.9 Å². The first kappa shape index (κ1) is 19.1. The Kier molecular flexibility index (Phi) is 5.21. The summed E-state index contributed by atoms with van der Waals surface area (Å²) in [4.78, 5) is 17.0. The van der Waals surface area contributed by atoms with Crippen LogP contribution in [0.2, 0.25) is 4.34 Å². The quantitative estimate of drug-likeness (QED) is 0.531. The first-order chi connectivity index (χ1) is 13.4. The Bertz CT molecular complexity index is 957. The van der Waals surface area contributed by atoms with Crippen LogP contribution in [0.5, 0.6) is 0 Å². The summed E-state index contributed by atoms with van der Waals surface area (Å²) in [5.74, 6) is -4.20. The highest BCUT2D eigenvalue weighted by Crippen LogP contribution is 2.46. The molecule has 2 aromatic heterocycles. The van der Waals surface area contributed by atoms with Crippen LogP contribution in [0.25, 0.3) is 11.1 Å². The second-order valence-corrected chi connectivity index (χ2v) is 8.59. The number of hydrogen-bond donors (Lipinski definition) is 1. The molecule has 1 amide bonds. The van der Waals surface area contributed by atoms with Crippen LogP contribution in [0.1, 0.15) is 30.7 Å². The SMILES string of the molecule is O=C(Nc1ncc(Cl)s1)C(c1ccc(-c2ccoc2)cc1)C1CCC(F)(F)C1. The third kappa shape index (κ3) is 4.10. The number of alkyl halides is 2. The van der Waals surface area contributed by atoms with E-state index in [0.29, 0.717) is 21.5 Å². The van der Waals surface area contributed by atoms with Crippen LogP contribution in [0.15, 0.2) is 53.5 Å². The van der Waals surface area contributed by atoms with Gasteiger partial charge < -0.3 is 9.73 Å². The molecule has 2 heterocycles. The molecule has 3 aromatic rings. The van der Waals surface area contributed by atoms with Crippen LogP contribution < -0.4 is 5.32 Å². The van der Waals surface area contributed by atoms with E-state index in [1.165, 1.54) is 6.20 Å². The summed E-state index contributed by atoms with van der Waals surface area (Å²) in [6.07, 6.45) is 4.46. The van der Waals surface area contributed by atoms with E-state index in [9.17, 15) is 13.6 Å². The summed E-state index contributed by atoms with van der Waals surface area (Å²) in [6, 6.07) is 9.21. The fourth-order valence-corrected chi connectivity index (χ4v) is 4.53. The van der Waals surface area contributed by atoms with Gasteiger partial charge >= 0.3 is 0 Å². The summed E-state index contributed by atoms with van der Waals surface area (Å²) in [5.41, 5.74) is 2.55. The van der Waals surface area contributed by atoms with Gasteiger partial charge in [0.15, 0.2) is 5.13 Å². The first-order valence-corrected chi connectivity index (χ1v) is 10.0. The molecule has 1 aliphatic carbocycles. The number of carbonyl (C=O) groups is 1. The van der Waals surface area contributed by atoms with Gasteiger partial charge in [-0.2, -0.15) is 0 Å². The van der Waals surface area contributed by atoms with Crippen LogP contribution in [0, 0.1) is 5.92 Å². The molecule has 0 bridgehead atoms. The van der Waals surface area contributed by atoms with Gasteiger partial charge in [-0.05, 0) is 29.5 Å². The van der Waals surface area contributed by atoms with E-state index in [2.05, 4.69) is 10.3 Å². The monoisotopic (exact) mass is 422 g/mol. The molecule has 8 heteroatoms. The lowest BCUT2D eigenvalue weighted by atomic mass is 9.83. The van der Waals surface area contributed by atoms with Crippen LogP contribution in [-0.2, 0) is 4.79 Å². The minimum Gasteiger partial charge on any atom is -0.472 e. The standard InChI is InChI=1S/C20H17ClF2N2O2S/c21-16-10-24-19(28-16)25-18(26)17(14-5-7-20(22,23)9-14)13-3-1-12(2-4-13)15-6-8-27-11-15/h1-4,6,8,10-11,14,17H,5,7,9H2,(H,24,25,26). The topological polar surface area (TPSA) is 55.1 Å². The maximum absolute atomic E-state index is 13.8. The van der Waals surface area contributed by atoms with Crippen molar-refractivity contribution in [3.8, 4) is 11.1 Å². The van der Waals surface area contributed by atoms with Crippen LogP contribution in [0.3, 0.4) is 0 Å². The van der Waals surface area contributed by atoms with E-state index in [0.717, 1.165) is 22.5 Å². The number of carbonyl (C=O) groups excluding carboxylic acids is 1. The van der Waals surface area contributed by atoms with Crippen molar-refractivity contribution < 1.29 is 18.0 Å². The third-order valence-corrected chi connectivity index (χ3v) is 6.06. The van der Waals surface area contributed by atoms with E-state index in [4.69, 9.17) is 16.0 Å². The molecular weight excluding hydrogens is 406 g/mol. The van der Waals surface area contributed by atoms with Gasteiger partial charge in [0.1, 0.15) is 4.34 Å². The molecule has 0 spiro atoms. The zero-order valence-electron chi connectivity index (χ0n) is 14.7. The van der Waals surface area contributed by atoms with Crippen LogP contribution in [-0.4, -0.2) is 16.8 Å². The van der Waals surface area contributed by atoms with E-state index in [-0.39, 0.29) is 18.7 Å². The van der Waals surface area contributed by atoms with Gasteiger partial charge in [-0.25, -0.2) is 13.8 Å².